The second kappa shape index (κ2) is 8.16. The number of hydrogen-bond donors (Lipinski definition) is 0. The van der Waals surface area contributed by atoms with Gasteiger partial charge in [-0.25, -0.2) is 4.68 Å². The van der Waals surface area contributed by atoms with E-state index in [4.69, 9.17) is 0 Å². The quantitative estimate of drug-likeness (QED) is 0.795. The van der Waals surface area contributed by atoms with Crippen molar-refractivity contribution in [1.82, 2.24) is 25.1 Å². The summed E-state index contributed by atoms with van der Waals surface area (Å²) in [6.07, 6.45) is 7.33. The molecule has 2 aliphatic rings. The van der Waals surface area contributed by atoms with Gasteiger partial charge < -0.3 is 4.90 Å². The molecule has 26 heavy (non-hydrogen) atoms. The lowest BCUT2D eigenvalue weighted by atomic mass is 10.1. The second-order valence-corrected chi connectivity index (χ2v) is 7.58. The van der Waals surface area contributed by atoms with E-state index in [2.05, 4.69) is 67.3 Å². The van der Waals surface area contributed by atoms with Gasteiger partial charge in [0, 0.05) is 31.9 Å². The molecule has 1 aliphatic heterocycles. The Morgan fingerprint density at radius 1 is 1.04 bits per heavy atom. The summed E-state index contributed by atoms with van der Waals surface area (Å²) in [6.45, 7) is 6.52. The average molecular weight is 355 g/mol. The SMILES string of the molecule is CCC[C@H](c1nnnn1C1CCCC1)N1CCN(c2ccccc2)CC1. The Bertz CT molecular complexity index is 671. The summed E-state index contributed by atoms with van der Waals surface area (Å²) in [4.78, 5) is 5.08. The molecular weight excluding hydrogens is 324 g/mol. The van der Waals surface area contributed by atoms with Crippen molar-refractivity contribution in [3.05, 3.63) is 36.2 Å². The van der Waals surface area contributed by atoms with E-state index in [1.165, 1.54) is 31.4 Å². The van der Waals surface area contributed by atoms with Crippen LogP contribution in [-0.4, -0.2) is 51.3 Å². The van der Waals surface area contributed by atoms with Gasteiger partial charge in [0.05, 0.1) is 12.1 Å². The van der Waals surface area contributed by atoms with Gasteiger partial charge in [0.2, 0.25) is 0 Å². The van der Waals surface area contributed by atoms with Gasteiger partial charge in [-0.15, -0.1) is 5.10 Å². The van der Waals surface area contributed by atoms with Crippen LogP contribution < -0.4 is 4.90 Å². The number of anilines is 1. The highest BCUT2D eigenvalue weighted by molar-refractivity contribution is 5.46. The standard InChI is InChI=1S/C20H30N6/c1-2-8-19(20-21-22-23-26(20)18-11-6-7-12-18)25-15-13-24(14-16-25)17-9-4-3-5-10-17/h3-5,9-10,18-19H,2,6-8,11-16H2,1H3/t19-/m1/s1. The molecule has 2 aromatic rings. The largest absolute Gasteiger partial charge is 0.369 e. The molecule has 0 radical (unpaired) electrons. The van der Waals surface area contributed by atoms with E-state index in [0.717, 1.165) is 44.8 Å². The Morgan fingerprint density at radius 2 is 1.77 bits per heavy atom. The maximum absolute atomic E-state index is 4.48. The Kier molecular flexibility index (Phi) is 5.48. The van der Waals surface area contributed by atoms with Crippen LogP contribution >= 0.6 is 0 Å². The van der Waals surface area contributed by atoms with Gasteiger partial charge in [0.25, 0.3) is 0 Å². The molecule has 2 heterocycles. The molecule has 0 bridgehead atoms. The molecule has 1 aromatic heterocycles. The van der Waals surface area contributed by atoms with E-state index in [-0.39, 0.29) is 0 Å². The minimum atomic E-state index is 0.341. The van der Waals surface area contributed by atoms with Crippen molar-refractivity contribution in [3.8, 4) is 0 Å². The summed E-state index contributed by atoms with van der Waals surface area (Å²) in [7, 11) is 0. The molecule has 0 amide bonds. The van der Waals surface area contributed by atoms with E-state index in [9.17, 15) is 0 Å². The van der Waals surface area contributed by atoms with Gasteiger partial charge in [0.15, 0.2) is 5.82 Å². The molecule has 4 rings (SSSR count). The summed E-state index contributed by atoms with van der Waals surface area (Å²) in [5.74, 6) is 1.09. The maximum Gasteiger partial charge on any atom is 0.168 e. The van der Waals surface area contributed by atoms with Crippen LogP contribution in [0.1, 0.15) is 63.4 Å². The molecule has 1 saturated heterocycles. The molecule has 0 unspecified atom stereocenters. The van der Waals surface area contributed by atoms with Crippen LogP contribution in [0, 0.1) is 0 Å². The van der Waals surface area contributed by atoms with Crippen molar-refractivity contribution >= 4 is 5.69 Å². The number of aromatic nitrogens is 4. The fraction of sp³-hybridized carbons (Fsp3) is 0.650. The molecule has 2 fully saturated rings. The molecule has 1 aliphatic carbocycles. The second-order valence-electron chi connectivity index (χ2n) is 7.58. The van der Waals surface area contributed by atoms with Crippen molar-refractivity contribution < 1.29 is 0 Å². The lowest BCUT2D eigenvalue weighted by Gasteiger charge is -2.40. The van der Waals surface area contributed by atoms with E-state index in [1.54, 1.807) is 0 Å². The first-order valence-electron chi connectivity index (χ1n) is 10.2. The number of hydrogen-bond acceptors (Lipinski definition) is 5. The van der Waals surface area contributed by atoms with E-state index in [1.807, 2.05) is 0 Å². The molecule has 1 aromatic carbocycles. The van der Waals surface area contributed by atoms with Crippen LogP contribution in [0.25, 0.3) is 0 Å². The van der Waals surface area contributed by atoms with Crippen molar-refractivity contribution in [2.45, 2.75) is 57.5 Å². The number of nitrogens with zero attached hydrogens (tertiary/aromatic N) is 6. The number of rotatable bonds is 6. The Labute approximate surface area is 156 Å². The van der Waals surface area contributed by atoms with Crippen molar-refractivity contribution in [2.75, 3.05) is 31.1 Å². The predicted octanol–water partition coefficient (Wildman–Crippen LogP) is 3.45. The van der Waals surface area contributed by atoms with E-state index >= 15 is 0 Å². The number of para-hydroxylation sites is 1. The van der Waals surface area contributed by atoms with Crippen molar-refractivity contribution in [2.24, 2.45) is 0 Å². The molecule has 140 valence electrons. The third-order valence-electron chi connectivity index (χ3n) is 5.93. The number of piperazine rings is 1. The molecule has 0 spiro atoms. The molecule has 6 heteroatoms. The van der Waals surface area contributed by atoms with E-state index in [0.29, 0.717) is 12.1 Å². The molecule has 1 saturated carbocycles. The lowest BCUT2D eigenvalue weighted by molar-refractivity contribution is 0.161. The Morgan fingerprint density at radius 3 is 2.46 bits per heavy atom. The van der Waals surface area contributed by atoms with Crippen LogP contribution in [-0.2, 0) is 0 Å². The van der Waals surface area contributed by atoms with Gasteiger partial charge in [0.1, 0.15) is 0 Å². The number of tetrazole rings is 1. The maximum atomic E-state index is 4.48. The third-order valence-corrected chi connectivity index (χ3v) is 5.93. The molecular formula is C20H30N6. The molecule has 0 N–H and O–H groups in total. The van der Waals surface area contributed by atoms with Crippen LogP contribution in [0.2, 0.25) is 0 Å². The highest BCUT2D eigenvalue weighted by atomic mass is 15.6. The highest BCUT2D eigenvalue weighted by Crippen LogP contribution is 2.33. The van der Waals surface area contributed by atoms with Crippen molar-refractivity contribution in [3.63, 3.8) is 0 Å². The summed E-state index contributed by atoms with van der Waals surface area (Å²) >= 11 is 0. The summed E-state index contributed by atoms with van der Waals surface area (Å²) in [6, 6.07) is 11.6. The summed E-state index contributed by atoms with van der Waals surface area (Å²) < 4.78 is 2.15. The van der Waals surface area contributed by atoms with E-state index < -0.39 is 0 Å². The fourth-order valence-electron chi connectivity index (χ4n) is 4.51. The third kappa shape index (κ3) is 3.61. The van der Waals surface area contributed by atoms with Gasteiger partial charge in [-0.3, -0.25) is 4.90 Å². The van der Waals surface area contributed by atoms with Gasteiger partial charge in [-0.05, 0) is 41.8 Å². The Balaban J connectivity index is 1.47. The first-order valence-corrected chi connectivity index (χ1v) is 10.2. The lowest BCUT2D eigenvalue weighted by Crippen LogP contribution is -2.48. The van der Waals surface area contributed by atoms with Gasteiger partial charge >= 0.3 is 0 Å². The van der Waals surface area contributed by atoms with Crippen LogP contribution in [0.5, 0.6) is 0 Å². The van der Waals surface area contributed by atoms with Crippen LogP contribution in [0.4, 0.5) is 5.69 Å². The highest BCUT2D eigenvalue weighted by Gasteiger charge is 2.31. The van der Waals surface area contributed by atoms with Crippen LogP contribution in [0.15, 0.2) is 30.3 Å². The zero-order valence-electron chi connectivity index (χ0n) is 15.8. The first kappa shape index (κ1) is 17.5. The monoisotopic (exact) mass is 354 g/mol. The zero-order valence-corrected chi connectivity index (χ0v) is 15.8. The summed E-state index contributed by atoms with van der Waals surface area (Å²) in [5.41, 5.74) is 1.33. The topological polar surface area (TPSA) is 50.1 Å². The van der Waals surface area contributed by atoms with Crippen LogP contribution in [0.3, 0.4) is 0 Å². The number of benzene rings is 1. The minimum absolute atomic E-state index is 0.341. The van der Waals surface area contributed by atoms with Gasteiger partial charge in [-0.1, -0.05) is 44.4 Å². The first-order chi connectivity index (χ1) is 12.9. The smallest absolute Gasteiger partial charge is 0.168 e. The molecule has 1 atom stereocenters. The molecule has 6 nitrogen and oxygen atoms in total. The minimum Gasteiger partial charge on any atom is -0.369 e. The average Bonchev–Trinajstić information content (AvgIpc) is 3.38. The normalized spacial score (nSPS) is 20.6. The summed E-state index contributed by atoms with van der Waals surface area (Å²) in [5, 5.41) is 12.9. The van der Waals surface area contributed by atoms with Gasteiger partial charge in [-0.2, -0.15) is 0 Å². The zero-order chi connectivity index (χ0) is 17.8. The predicted molar refractivity (Wildman–Crippen MR) is 103 cm³/mol. The van der Waals surface area contributed by atoms with Crippen molar-refractivity contribution in [1.29, 1.82) is 0 Å². The Hall–Kier alpha value is -1.95. The fourth-order valence-corrected chi connectivity index (χ4v) is 4.51.